The summed E-state index contributed by atoms with van der Waals surface area (Å²) in [4.78, 5) is 23.1. The van der Waals surface area contributed by atoms with Crippen LogP contribution in [0.5, 0.6) is 0 Å². The zero-order chi connectivity index (χ0) is 21.0. The molecular formula is C21H16F3N3O2. The van der Waals surface area contributed by atoms with Crippen molar-refractivity contribution in [3.8, 4) is 0 Å². The fourth-order valence-electron chi connectivity index (χ4n) is 2.54. The normalized spacial score (nSPS) is 10.3. The lowest BCUT2D eigenvalue weighted by Gasteiger charge is -2.10. The summed E-state index contributed by atoms with van der Waals surface area (Å²) in [5.74, 6) is -5.65. The number of amides is 2. The van der Waals surface area contributed by atoms with Gasteiger partial charge in [-0.05, 0) is 60.7 Å². The number of anilines is 4. The van der Waals surface area contributed by atoms with E-state index >= 15 is 0 Å². The Hall–Kier alpha value is -3.81. The molecule has 0 aromatic heterocycles. The average molecular weight is 399 g/mol. The molecule has 0 bridgehead atoms. The molecule has 0 aliphatic carbocycles. The van der Waals surface area contributed by atoms with Gasteiger partial charge in [-0.1, -0.05) is 0 Å². The Bertz CT molecular complexity index is 1050. The average Bonchev–Trinajstić information content (AvgIpc) is 2.69. The highest BCUT2D eigenvalue weighted by Gasteiger charge is 2.18. The van der Waals surface area contributed by atoms with Crippen LogP contribution >= 0.6 is 0 Å². The van der Waals surface area contributed by atoms with E-state index < -0.39 is 28.9 Å². The predicted molar refractivity (Wildman–Crippen MR) is 105 cm³/mol. The first kappa shape index (κ1) is 19.9. The van der Waals surface area contributed by atoms with Gasteiger partial charge >= 0.3 is 0 Å². The molecule has 0 saturated heterocycles. The van der Waals surface area contributed by atoms with Gasteiger partial charge in [-0.3, -0.25) is 9.59 Å². The van der Waals surface area contributed by atoms with Crippen LogP contribution in [0.2, 0.25) is 0 Å². The molecular weight excluding hydrogens is 383 g/mol. The molecule has 3 aromatic rings. The van der Waals surface area contributed by atoms with Crippen molar-refractivity contribution in [1.29, 1.82) is 0 Å². The van der Waals surface area contributed by atoms with Gasteiger partial charge < -0.3 is 16.0 Å². The molecule has 5 nitrogen and oxygen atoms in total. The van der Waals surface area contributed by atoms with E-state index in [1.165, 1.54) is 6.92 Å². The van der Waals surface area contributed by atoms with Crippen LogP contribution in [0.3, 0.4) is 0 Å². The van der Waals surface area contributed by atoms with Crippen LogP contribution in [0.1, 0.15) is 17.3 Å². The van der Waals surface area contributed by atoms with Crippen molar-refractivity contribution in [1.82, 2.24) is 0 Å². The van der Waals surface area contributed by atoms with E-state index in [1.54, 1.807) is 48.5 Å². The minimum absolute atomic E-state index is 0.161. The fraction of sp³-hybridized carbons (Fsp3) is 0.0476. The maximum atomic E-state index is 13.7. The summed E-state index contributed by atoms with van der Waals surface area (Å²) in [5.41, 5.74) is 1.93. The van der Waals surface area contributed by atoms with Crippen LogP contribution in [0.4, 0.5) is 35.9 Å². The van der Waals surface area contributed by atoms with E-state index in [2.05, 4.69) is 16.0 Å². The second-order valence-electron chi connectivity index (χ2n) is 6.14. The van der Waals surface area contributed by atoms with Crippen molar-refractivity contribution in [2.75, 3.05) is 16.0 Å². The van der Waals surface area contributed by atoms with Crippen LogP contribution in [-0.2, 0) is 4.79 Å². The summed E-state index contributed by atoms with van der Waals surface area (Å²) in [6.45, 7) is 1.42. The number of hydrogen-bond donors (Lipinski definition) is 3. The Labute approximate surface area is 164 Å². The number of nitrogens with one attached hydrogen (secondary N) is 3. The minimum atomic E-state index is -1.69. The lowest BCUT2D eigenvalue weighted by Crippen LogP contribution is -2.15. The summed E-state index contributed by atoms with van der Waals surface area (Å²) in [6, 6.07) is 15.1. The zero-order valence-electron chi connectivity index (χ0n) is 15.2. The summed E-state index contributed by atoms with van der Waals surface area (Å²) in [7, 11) is 0. The molecule has 0 atom stereocenters. The molecule has 0 saturated carbocycles. The van der Waals surface area contributed by atoms with Crippen molar-refractivity contribution in [2.45, 2.75) is 6.92 Å². The van der Waals surface area contributed by atoms with Crippen molar-refractivity contribution < 1.29 is 22.8 Å². The highest BCUT2D eigenvalue weighted by atomic mass is 19.2. The molecule has 3 N–H and O–H groups in total. The Morgan fingerprint density at radius 2 is 1.14 bits per heavy atom. The molecule has 8 heteroatoms. The number of hydrogen-bond acceptors (Lipinski definition) is 3. The molecule has 148 valence electrons. The summed E-state index contributed by atoms with van der Waals surface area (Å²) in [6.07, 6.45) is 0. The maximum absolute atomic E-state index is 13.7. The van der Waals surface area contributed by atoms with E-state index in [0.29, 0.717) is 23.1 Å². The molecule has 0 heterocycles. The summed E-state index contributed by atoms with van der Waals surface area (Å²) < 4.78 is 40.0. The third kappa shape index (κ3) is 4.92. The van der Waals surface area contributed by atoms with E-state index in [0.717, 1.165) is 11.8 Å². The minimum Gasteiger partial charge on any atom is -0.356 e. The van der Waals surface area contributed by atoms with E-state index in [1.807, 2.05) is 0 Å². The van der Waals surface area contributed by atoms with Gasteiger partial charge in [0, 0.05) is 29.7 Å². The lowest BCUT2D eigenvalue weighted by molar-refractivity contribution is -0.114. The SMILES string of the molecule is CC(=O)Nc1ccc(Nc2ccc(NC(=O)c3ccc(F)c(F)c3F)cc2)cc1. The molecule has 0 spiro atoms. The number of halogens is 3. The Balaban J connectivity index is 1.65. The summed E-state index contributed by atoms with van der Waals surface area (Å²) >= 11 is 0. The van der Waals surface area contributed by atoms with Gasteiger partial charge in [-0.15, -0.1) is 0 Å². The number of carbonyl (C=O) groups is 2. The third-order valence-corrected chi connectivity index (χ3v) is 3.92. The van der Waals surface area contributed by atoms with Crippen LogP contribution in [0, 0.1) is 17.5 Å². The molecule has 3 aromatic carbocycles. The molecule has 2 amide bonds. The molecule has 0 aliphatic rings. The Morgan fingerprint density at radius 1 is 0.655 bits per heavy atom. The van der Waals surface area contributed by atoms with Crippen molar-refractivity contribution in [3.63, 3.8) is 0 Å². The van der Waals surface area contributed by atoms with Gasteiger partial charge in [0.05, 0.1) is 5.56 Å². The van der Waals surface area contributed by atoms with Gasteiger partial charge in [0.1, 0.15) is 0 Å². The second kappa shape index (κ2) is 8.47. The van der Waals surface area contributed by atoms with Crippen LogP contribution < -0.4 is 16.0 Å². The van der Waals surface area contributed by atoms with Crippen molar-refractivity contribution in [3.05, 3.63) is 83.7 Å². The van der Waals surface area contributed by atoms with Crippen LogP contribution in [0.15, 0.2) is 60.7 Å². The first-order valence-corrected chi connectivity index (χ1v) is 8.53. The fourth-order valence-corrected chi connectivity index (χ4v) is 2.54. The Kier molecular flexibility index (Phi) is 5.82. The molecule has 0 radical (unpaired) electrons. The third-order valence-electron chi connectivity index (χ3n) is 3.92. The predicted octanol–water partition coefficient (Wildman–Crippen LogP) is 5.06. The van der Waals surface area contributed by atoms with Gasteiger partial charge in [0.25, 0.3) is 5.91 Å². The smallest absolute Gasteiger partial charge is 0.258 e. The van der Waals surface area contributed by atoms with E-state index in [9.17, 15) is 22.8 Å². The zero-order valence-corrected chi connectivity index (χ0v) is 15.2. The topological polar surface area (TPSA) is 70.2 Å². The van der Waals surface area contributed by atoms with E-state index in [-0.39, 0.29) is 5.91 Å². The quantitative estimate of drug-likeness (QED) is 0.526. The molecule has 0 unspecified atom stereocenters. The first-order chi connectivity index (χ1) is 13.8. The maximum Gasteiger partial charge on any atom is 0.258 e. The second-order valence-corrected chi connectivity index (χ2v) is 6.14. The summed E-state index contributed by atoms with van der Waals surface area (Å²) in [5, 5.41) is 8.24. The molecule has 3 rings (SSSR count). The van der Waals surface area contributed by atoms with Gasteiger partial charge in [-0.25, -0.2) is 13.2 Å². The van der Waals surface area contributed by atoms with Gasteiger partial charge in [-0.2, -0.15) is 0 Å². The standard InChI is InChI=1S/C21H16F3N3O2/c1-12(28)25-13-2-4-14(5-3-13)26-15-6-8-16(9-7-15)27-21(29)17-10-11-18(22)20(24)19(17)23/h2-11,26H,1H3,(H,25,28)(H,27,29). The first-order valence-electron chi connectivity index (χ1n) is 8.53. The monoisotopic (exact) mass is 399 g/mol. The Morgan fingerprint density at radius 3 is 1.66 bits per heavy atom. The van der Waals surface area contributed by atoms with E-state index in [4.69, 9.17) is 0 Å². The van der Waals surface area contributed by atoms with Gasteiger partial charge in [0.2, 0.25) is 5.91 Å². The highest BCUT2D eigenvalue weighted by molar-refractivity contribution is 6.04. The molecule has 29 heavy (non-hydrogen) atoms. The largest absolute Gasteiger partial charge is 0.356 e. The number of benzene rings is 3. The van der Waals surface area contributed by atoms with Crippen LogP contribution in [0.25, 0.3) is 0 Å². The highest BCUT2D eigenvalue weighted by Crippen LogP contribution is 2.22. The van der Waals surface area contributed by atoms with Gasteiger partial charge in [0.15, 0.2) is 17.5 Å². The lowest BCUT2D eigenvalue weighted by atomic mass is 10.1. The van der Waals surface area contributed by atoms with Crippen molar-refractivity contribution in [2.24, 2.45) is 0 Å². The number of rotatable bonds is 5. The molecule has 0 aliphatic heterocycles. The van der Waals surface area contributed by atoms with Crippen molar-refractivity contribution >= 4 is 34.6 Å². The molecule has 0 fully saturated rings. The number of carbonyl (C=O) groups excluding carboxylic acids is 2. The van der Waals surface area contributed by atoms with Crippen LogP contribution in [-0.4, -0.2) is 11.8 Å².